The smallest absolute Gasteiger partial charge is 0.228 e. The summed E-state index contributed by atoms with van der Waals surface area (Å²) in [6, 6.07) is 19.0. The molecule has 138 valence electrons. The summed E-state index contributed by atoms with van der Waals surface area (Å²) in [4.78, 5) is 19.8. The van der Waals surface area contributed by atoms with E-state index in [-0.39, 0.29) is 11.8 Å². The van der Waals surface area contributed by atoms with Gasteiger partial charge in [-0.25, -0.2) is 0 Å². The van der Waals surface area contributed by atoms with Crippen LogP contribution in [0.2, 0.25) is 0 Å². The highest BCUT2D eigenvalue weighted by Gasteiger charge is 2.55. The van der Waals surface area contributed by atoms with Gasteiger partial charge in [-0.3, -0.25) is 9.79 Å². The van der Waals surface area contributed by atoms with Gasteiger partial charge in [0, 0.05) is 31.0 Å². The fourth-order valence-electron chi connectivity index (χ4n) is 4.76. The van der Waals surface area contributed by atoms with Gasteiger partial charge in [0.05, 0.1) is 11.6 Å². The van der Waals surface area contributed by atoms with E-state index in [0.717, 1.165) is 43.6 Å². The third-order valence-corrected chi connectivity index (χ3v) is 6.59. The van der Waals surface area contributed by atoms with Gasteiger partial charge in [0.25, 0.3) is 0 Å². The van der Waals surface area contributed by atoms with E-state index in [1.54, 1.807) is 0 Å². The van der Waals surface area contributed by atoms with E-state index in [0.29, 0.717) is 17.9 Å². The Balaban J connectivity index is 1.21. The number of amides is 1. The highest BCUT2D eigenvalue weighted by Crippen LogP contribution is 2.54. The molecule has 1 N–H and O–H groups in total. The number of carbonyl (C=O) groups is 1. The Morgan fingerprint density at radius 1 is 1.04 bits per heavy atom. The van der Waals surface area contributed by atoms with Crippen LogP contribution in [0.25, 0.3) is 0 Å². The van der Waals surface area contributed by atoms with Crippen molar-refractivity contribution in [2.45, 2.75) is 37.6 Å². The van der Waals surface area contributed by atoms with Crippen LogP contribution in [0.15, 0.2) is 59.6 Å². The van der Waals surface area contributed by atoms with Gasteiger partial charge in [0.15, 0.2) is 0 Å². The van der Waals surface area contributed by atoms with Gasteiger partial charge in [-0.15, -0.1) is 0 Å². The molecule has 2 aromatic carbocycles. The Kier molecular flexibility index (Phi) is 4.00. The number of rotatable bonds is 3. The fourth-order valence-corrected chi connectivity index (χ4v) is 4.76. The largest absolute Gasteiger partial charge is 0.371 e. The molecule has 0 radical (unpaired) electrons. The van der Waals surface area contributed by atoms with E-state index < -0.39 is 0 Å². The highest BCUT2D eigenvalue weighted by molar-refractivity contribution is 5.90. The van der Waals surface area contributed by atoms with Crippen molar-refractivity contribution in [2.24, 2.45) is 10.4 Å². The first-order valence-electron chi connectivity index (χ1n) is 9.97. The molecule has 1 amide bonds. The first-order chi connectivity index (χ1) is 13.3. The predicted molar refractivity (Wildman–Crippen MR) is 109 cm³/mol. The Labute approximate surface area is 160 Å². The van der Waals surface area contributed by atoms with Crippen LogP contribution >= 0.6 is 0 Å². The number of aliphatic imine (C=N–C) groups is 1. The Morgan fingerprint density at radius 2 is 1.78 bits per heavy atom. The van der Waals surface area contributed by atoms with E-state index in [9.17, 15) is 4.79 Å². The number of para-hydroxylation sites is 2. The maximum atomic E-state index is 12.9. The summed E-state index contributed by atoms with van der Waals surface area (Å²) in [5.41, 5.74) is 3.63. The molecule has 1 aliphatic carbocycles. The SMILES string of the molecule is O=C(NC1CC12CCN(c1ccccc1)CC2)C1CC=Nc2ccccc21. The molecule has 2 aliphatic heterocycles. The average Bonchev–Trinajstić information content (AvgIpc) is 3.39. The minimum atomic E-state index is -0.0965. The fraction of sp³-hybridized carbons (Fsp3) is 0.391. The molecule has 3 aliphatic rings. The average molecular weight is 359 g/mol. The topological polar surface area (TPSA) is 44.7 Å². The Hall–Kier alpha value is -2.62. The Morgan fingerprint density at radius 3 is 2.59 bits per heavy atom. The minimum Gasteiger partial charge on any atom is -0.371 e. The predicted octanol–water partition coefficient (Wildman–Crippen LogP) is 4.05. The normalized spacial score (nSPS) is 25.1. The number of anilines is 1. The third kappa shape index (κ3) is 3.03. The van der Waals surface area contributed by atoms with Gasteiger partial charge in [-0.1, -0.05) is 36.4 Å². The lowest BCUT2D eigenvalue weighted by Crippen LogP contribution is -2.40. The van der Waals surface area contributed by atoms with Gasteiger partial charge < -0.3 is 10.2 Å². The monoisotopic (exact) mass is 359 g/mol. The van der Waals surface area contributed by atoms with Crippen LogP contribution < -0.4 is 10.2 Å². The van der Waals surface area contributed by atoms with Crippen LogP contribution in [0.5, 0.6) is 0 Å². The number of hydrogen-bond acceptors (Lipinski definition) is 3. The zero-order valence-corrected chi connectivity index (χ0v) is 15.5. The number of hydrogen-bond donors (Lipinski definition) is 1. The van der Waals surface area contributed by atoms with E-state index >= 15 is 0 Å². The first-order valence-corrected chi connectivity index (χ1v) is 9.97. The quantitative estimate of drug-likeness (QED) is 0.898. The molecule has 0 aromatic heterocycles. The van der Waals surface area contributed by atoms with Crippen molar-refractivity contribution < 1.29 is 4.79 Å². The van der Waals surface area contributed by atoms with Crippen molar-refractivity contribution in [1.82, 2.24) is 5.32 Å². The van der Waals surface area contributed by atoms with Gasteiger partial charge in [0.1, 0.15) is 0 Å². The van der Waals surface area contributed by atoms with E-state index in [2.05, 4.69) is 45.5 Å². The number of benzene rings is 2. The van der Waals surface area contributed by atoms with Crippen molar-refractivity contribution in [3.8, 4) is 0 Å². The zero-order valence-electron chi connectivity index (χ0n) is 15.5. The van der Waals surface area contributed by atoms with Crippen molar-refractivity contribution in [3.05, 3.63) is 60.2 Å². The second-order valence-electron chi connectivity index (χ2n) is 8.11. The summed E-state index contributed by atoms with van der Waals surface area (Å²) in [7, 11) is 0. The van der Waals surface area contributed by atoms with E-state index in [4.69, 9.17) is 0 Å². The summed E-state index contributed by atoms with van der Waals surface area (Å²) in [5.74, 6) is 0.0710. The van der Waals surface area contributed by atoms with Crippen LogP contribution in [-0.4, -0.2) is 31.3 Å². The molecule has 2 fully saturated rings. The van der Waals surface area contributed by atoms with Crippen LogP contribution in [0, 0.1) is 5.41 Å². The standard InChI is InChI=1S/C23H25N3O/c27-22(19-10-13-24-20-9-5-4-8-18(19)20)25-21-16-23(21)11-14-26(15-12-23)17-6-2-1-3-7-17/h1-9,13,19,21H,10-12,14-16H2,(H,25,27). The van der Waals surface area contributed by atoms with Gasteiger partial charge >= 0.3 is 0 Å². The van der Waals surface area contributed by atoms with Crippen molar-refractivity contribution in [2.75, 3.05) is 18.0 Å². The lowest BCUT2D eigenvalue weighted by Gasteiger charge is -2.34. The molecule has 1 spiro atoms. The van der Waals surface area contributed by atoms with Crippen molar-refractivity contribution in [3.63, 3.8) is 0 Å². The molecule has 1 saturated carbocycles. The van der Waals surface area contributed by atoms with Crippen molar-refractivity contribution in [1.29, 1.82) is 0 Å². The molecule has 4 heteroatoms. The number of piperidine rings is 1. The number of nitrogens with one attached hydrogen (secondary N) is 1. The van der Waals surface area contributed by atoms with Gasteiger partial charge in [-0.05, 0) is 54.9 Å². The molecular formula is C23H25N3O. The molecule has 2 aromatic rings. The molecular weight excluding hydrogens is 334 g/mol. The summed E-state index contributed by atoms with van der Waals surface area (Å²) in [6.45, 7) is 2.16. The summed E-state index contributed by atoms with van der Waals surface area (Å²) in [5, 5.41) is 3.36. The molecule has 1 saturated heterocycles. The molecule has 5 rings (SSSR count). The maximum absolute atomic E-state index is 12.9. The molecule has 0 bridgehead atoms. The van der Waals surface area contributed by atoms with Crippen LogP contribution in [-0.2, 0) is 4.79 Å². The first kappa shape index (κ1) is 16.5. The van der Waals surface area contributed by atoms with E-state index in [1.165, 1.54) is 5.69 Å². The van der Waals surface area contributed by atoms with E-state index in [1.807, 2.05) is 30.5 Å². The van der Waals surface area contributed by atoms with Gasteiger partial charge in [-0.2, -0.15) is 0 Å². The maximum Gasteiger partial charge on any atom is 0.228 e. The number of nitrogens with zero attached hydrogens (tertiary/aromatic N) is 2. The zero-order chi connectivity index (χ0) is 18.3. The Bertz CT molecular complexity index is 868. The summed E-state index contributed by atoms with van der Waals surface area (Å²) < 4.78 is 0. The lowest BCUT2D eigenvalue weighted by molar-refractivity contribution is -0.122. The molecule has 2 unspecified atom stereocenters. The number of fused-ring (bicyclic) bond motifs is 1. The highest BCUT2D eigenvalue weighted by atomic mass is 16.2. The molecule has 2 atom stereocenters. The molecule has 2 heterocycles. The third-order valence-electron chi connectivity index (χ3n) is 6.59. The summed E-state index contributed by atoms with van der Waals surface area (Å²) in [6.07, 6.45) is 6.03. The second-order valence-corrected chi connectivity index (χ2v) is 8.11. The lowest BCUT2D eigenvalue weighted by atomic mass is 9.90. The molecule has 27 heavy (non-hydrogen) atoms. The summed E-state index contributed by atoms with van der Waals surface area (Å²) >= 11 is 0. The second kappa shape index (κ2) is 6.52. The van der Waals surface area contributed by atoms with Gasteiger partial charge in [0.2, 0.25) is 5.91 Å². The number of carbonyl (C=O) groups excluding carboxylic acids is 1. The van der Waals surface area contributed by atoms with Crippen molar-refractivity contribution >= 4 is 23.5 Å². The minimum absolute atomic E-state index is 0.0965. The molecule has 4 nitrogen and oxygen atoms in total. The van der Waals surface area contributed by atoms with Crippen LogP contribution in [0.3, 0.4) is 0 Å². The van der Waals surface area contributed by atoms with Crippen LogP contribution in [0.1, 0.15) is 37.2 Å². The van der Waals surface area contributed by atoms with Crippen LogP contribution in [0.4, 0.5) is 11.4 Å².